The van der Waals surface area contributed by atoms with Crippen LogP contribution >= 0.6 is 0 Å². The molecule has 6 heteroatoms. The number of allylic oxidation sites excluding steroid dienone is 2. The number of likely N-dealkylation sites (tertiary alicyclic amines) is 1. The fourth-order valence-electron chi connectivity index (χ4n) is 3.47. The van der Waals surface area contributed by atoms with Crippen LogP contribution in [0.1, 0.15) is 59.4 Å². The molecule has 0 spiro atoms. The van der Waals surface area contributed by atoms with Gasteiger partial charge in [0, 0.05) is 6.42 Å². The zero-order chi connectivity index (χ0) is 21.7. The Morgan fingerprint density at radius 3 is 2.48 bits per heavy atom. The van der Waals surface area contributed by atoms with E-state index in [2.05, 4.69) is 0 Å². The summed E-state index contributed by atoms with van der Waals surface area (Å²) in [5.41, 5.74) is -0.191. The number of benzene rings is 1. The number of carbonyl (C=O) groups is 2. The second kappa shape index (κ2) is 9.42. The Balaban J connectivity index is 2.27. The minimum Gasteiger partial charge on any atom is -0.459 e. The van der Waals surface area contributed by atoms with E-state index in [1.165, 1.54) is 4.90 Å². The Kier molecular flexibility index (Phi) is 7.44. The average Bonchev–Trinajstić information content (AvgIpc) is 2.96. The van der Waals surface area contributed by atoms with Crippen molar-refractivity contribution in [3.63, 3.8) is 0 Å². The number of rotatable bonds is 6. The monoisotopic (exact) mass is 405 g/mol. The van der Waals surface area contributed by atoms with Crippen molar-refractivity contribution in [1.29, 1.82) is 0 Å². The molecule has 0 N–H and O–H groups in total. The number of ether oxygens (including phenoxy) is 2. The molecule has 1 unspecified atom stereocenters. The van der Waals surface area contributed by atoms with Gasteiger partial charge in [0.2, 0.25) is 0 Å². The molecule has 2 atom stereocenters. The Bertz CT molecular complexity index is 737. The third kappa shape index (κ3) is 6.31. The molecule has 29 heavy (non-hydrogen) atoms. The fourth-order valence-corrected chi connectivity index (χ4v) is 3.47. The molecule has 1 aliphatic heterocycles. The minimum atomic E-state index is -1.37. The first-order valence-electron chi connectivity index (χ1n) is 10.0. The summed E-state index contributed by atoms with van der Waals surface area (Å²) in [5.74, 6) is -0.588. The van der Waals surface area contributed by atoms with Crippen LogP contribution in [-0.4, -0.2) is 40.8 Å². The number of hydrogen-bond acceptors (Lipinski definition) is 4. The van der Waals surface area contributed by atoms with Crippen LogP contribution in [0.5, 0.6) is 0 Å². The van der Waals surface area contributed by atoms with Crippen LogP contribution in [-0.2, 0) is 20.9 Å². The number of esters is 1. The van der Waals surface area contributed by atoms with E-state index in [-0.39, 0.29) is 26.0 Å². The number of amides is 1. The molecule has 1 fully saturated rings. The second-order valence-electron chi connectivity index (χ2n) is 8.81. The van der Waals surface area contributed by atoms with Gasteiger partial charge in [-0.2, -0.15) is 0 Å². The number of hydrogen-bond donors (Lipinski definition) is 0. The lowest BCUT2D eigenvalue weighted by Crippen LogP contribution is -2.54. The van der Waals surface area contributed by atoms with Gasteiger partial charge in [-0.3, -0.25) is 4.90 Å². The van der Waals surface area contributed by atoms with Gasteiger partial charge >= 0.3 is 12.1 Å². The first-order chi connectivity index (χ1) is 13.5. The number of halogens is 1. The smallest absolute Gasteiger partial charge is 0.411 e. The molecule has 1 heterocycles. The van der Waals surface area contributed by atoms with Crippen LogP contribution in [0.15, 0.2) is 42.0 Å². The molecule has 2 rings (SSSR count). The van der Waals surface area contributed by atoms with Gasteiger partial charge in [0.25, 0.3) is 0 Å². The first kappa shape index (κ1) is 22.9. The highest BCUT2D eigenvalue weighted by Gasteiger charge is 2.55. The maximum absolute atomic E-state index is 14.5. The summed E-state index contributed by atoms with van der Waals surface area (Å²) in [6.45, 7) is 9.04. The summed E-state index contributed by atoms with van der Waals surface area (Å²) >= 11 is 0. The van der Waals surface area contributed by atoms with Gasteiger partial charge in [-0.1, -0.05) is 42.0 Å². The van der Waals surface area contributed by atoms with Crippen LogP contribution in [0, 0.1) is 0 Å². The van der Waals surface area contributed by atoms with Gasteiger partial charge in [-0.15, -0.1) is 0 Å². The number of alkyl halides is 1. The van der Waals surface area contributed by atoms with Crippen LogP contribution in [0.4, 0.5) is 9.18 Å². The largest absolute Gasteiger partial charge is 0.459 e. The van der Waals surface area contributed by atoms with E-state index in [1.54, 1.807) is 20.8 Å². The summed E-state index contributed by atoms with van der Waals surface area (Å²) in [6.07, 6.45) is 0.715. The second-order valence-corrected chi connectivity index (χ2v) is 8.81. The van der Waals surface area contributed by atoms with Crippen LogP contribution in [0.2, 0.25) is 0 Å². The molecule has 160 valence electrons. The molecule has 1 amide bonds. The van der Waals surface area contributed by atoms with Crippen molar-refractivity contribution in [3.05, 3.63) is 47.5 Å². The van der Waals surface area contributed by atoms with E-state index < -0.39 is 29.4 Å². The van der Waals surface area contributed by atoms with Crippen molar-refractivity contribution in [3.8, 4) is 0 Å². The van der Waals surface area contributed by atoms with Gasteiger partial charge < -0.3 is 9.47 Å². The van der Waals surface area contributed by atoms with E-state index in [9.17, 15) is 14.0 Å². The molecular formula is C23H32FNO4. The number of nitrogens with zero attached hydrogens (tertiary/aromatic N) is 1. The predicted molar refractivity (Wildman–Crippen MR) is 110 cm³/mol. The van der Waals surface area contributed by atoms with Crippen molar-refractivity contribution in [2.24, 2.45) is 0 Å². The summed E-state index contributed by atoms with van der Waals surface area (Å²) < 4.78 is 25.5. The maximum atomic E-state index is 14.5. The van der Waals surface area contributed by atoms with Gasteiger partial charge in [0.1, 0.15) is 23.9 Å². The minimum absolute atomic E-state index is 0.0726. The molecule has 1 aromatic rings. The average molecular weight is 406 g/mol. The van der Waals surface area contributed by atoms with Crippen molar-refractivity contribution in [2.45, 2.75) is 77.8 Å². The first-order valence-corrected chi connectivity index (χ1v) is 10.0. The van der Waals surface area contributed by atoms with Gasteiger partial charge in [0.15, 0.2) is 0 Å². The van der Waals surface area contributed by atoms with E-state index in [4.69, 9.17) is 9.47 Å². The highest BCUT2D eigenvalue weighted by Crippen LogP contribution is 2.38. The summed E-state index contributed by atoms with van der Waals surface area (Å²) in [5, 5.41) is 0. The Morgan fingerprint density at radius 1 is 1.24 bits per heavy atom. The Labute approximate surface area is 172 Å². The molecular weight excluding hydrogens is 373 g/mol. The molecule has 0 saturated carbocycles. The van der Waals surface area contributed by atoms with Crippen molar-refractivity contribution in [1.82, 2.24) is 4.90 Å². The highest BCUT2D eigenvalue weighted by atomic mass is 19.1. The van der Waals surface area contributed by atoms with Crippen LogP contribution in [0.25, 0.3) is 0 Å². The van der Waals surface area contributed by atoms with Crippen molar-refractivity contribution in [2.75, 3.05) is 6.54 Å². The molecule has 0 aliphatic carbocycles. The fraction of sp³-hybridized carbons (Fsp3) is 0.565. The number of carbonyl (C=O) groups excluding carboxylic acids is 2. The lowest BCUT2D eigenvalue weighted by atomic mass is 9.89. The normalized spacial score (nSPS) is 21.6. The maximum Gasteiger partial charge on any atom is 0.411 e. The molecule has 1 aromatic carbocycles. The third-order valence-corrected chi connectivity index (χ3v) is 4.77. The Morgan fingerprint density at radius 2 is 1.90 bits per heavy atom. The van der Waals surface area contributed by atoms with E-state index in [0.717, 1.165) is 11.1 Å². The summed E-state index contributed by atoms with van der Waals surface area (Å²) in [7, 11) is 0. The summed E-state index contributed by atoms with van der Waals surface area (Å²) in [6, 6.07) is 9.28. The molecule has 0 radical (unpaired) electrons. The standard InChI is InChI=1S/C23H32FNO4/c1-17(2)10-9-13-23(20(26)28-16-18-11-7-6-8-12-18)14-19(24)15-25(23)21(27)29-22(3,4)5/h6-8,10-12,19H,9,13-16H2,1-5H3/t19-,23?/m1/s1. The predicted octanol–water partition coefficient (Wildman–Crippen LogP) is 5.19. The van der Waals surface area contributed by atoms with Crippen LogP contribution in [0.3, 0.4) is 0 Å². The lowest BCUT2D eigenvalue weighted by Gasteiger charge is -2.36. The van der Waals surface area contributed by atoms with Crippen molar-refractivity contribution < 1.29 is 23.5 Å². The molecule has 5 nitrogen and oxygen atoms in total. The van der Waals surface area contributed by atoms with E-state index in [1.807, 2.05) is 50.3 Å². The quantitative estimate of drug-likeness (QED) is 0.482. The zero-order valence-corrected chi connectivity index (χ0v) is 18.0. The van der Waals surface area contributed by atoms with Gasteiger partial charge in [-0.25, -0.2) is 14.0 Å². The van der Waals surface area contributed by atoms with Crippen LogP contribution < -0.4 is 0 Å². The molecule has 0 aromatic heterocycles. The Hall–Kier alpha value is -2.37. The molecule has 0 bridgehead atoms. The topological polar surface area (TPSA) is 55.8 Å². The van der Waals surface area contributed by atoms with Gasteiger partial charge in [-0.05, 0) is 53.0 Å². The molecule has 1 aliphatic rings. The highest BCUT2D eigenvalue weighted by molar-refractivity contribution is 5.87. The zero-order valence-electron chi connectivity index (χ0n) is 18.0. The van der Waals surface area contributed by atoms with E-state index >= 15 is 0 Å². The third-order valence-electron chi connectivity index (χ3n) is 4.77. The van der Waals surface area contributed by atoms with E-state index in [0.29, 0.717) is 6.42 Å². The summed E-state index contributed by atoms with van der Waals surface area (Å²) in [4.78, 5) is 27.2. The molecule has 1 saturated heterocycles. The lowest BCUT2D eigenvalue weighted by molar-refractivity contribution is -0.158. The van der Waals surface area contributed by atoms with Crippen molar-refractivity contribution >= 4 is 12.1 Å². The van der Waals surface area contributed by atoms with Gasteiger partial charge in [0.05, 0.1) is 6.54 Å². The SMILES string of the molecule is CC(C)=CCCC1(C(=O)OCc2ccccc2)C[C@@H](F)CN1C(=O)OC(C)(C)C.